The van der Waals surface area contributed by atoms with Crippen LogP contribution in [0.4, 0.5) is 4.39 Å². The van der Waals surface area contributed by atoms with Crippen LogP contribution in [0.25, 0.3) is 0 Å². The maximum atomic E-state index is 14.9. The van der Waals surface area contributed by atoms with Gasteiger partial charge in [0.1, 0.15) is 5.75 Å². The van der Waals surface area contributed by atoms with Gasteiger partial charge in [-0.25, -0.2) is 4.39 Å². The molecule has 3 saturated carbocycles. The second-order valence-electron chi connectivity index (χ2n) is 13.1. The van der Waals surface area contributed by atoms with Crippen molar-refractivity contribution in [1.82, 2.24) is 10.6 Å². The summed E-state index contributed by atoms with van der Waals surface area (Å²) in [5, 5.41) is 15.7. The van der Waals surface area contributed by atoms with Gasteiger partial charge < -0.3 is 25.2 Å². The minimum atomic E-state index is -0.837. The predicted octanol–water partition coefficient (Wildman–Crippen LogP) is 4.94. The molecule has 39 heavy (non-hydrogen) atoms. The SMILES string of the molecule is COc1cc(F)c(OC2CCC(C)(C(=O)O)CC2)cc1C(=O)N[C@@H]1[C@H]2CC[C@H](C2)[C@@H]1C(=O)NC(C)C(C)(C)C. The number of aliphatic carboxylic acids is 1. The van der Waals surface area contributed by atoms with Crippen molar-refractivity contribution in [3.05, 3.63) is 23.5 Å². The second kappa shape index (κ2) is 11.0. The first-order valence-electron chi connectivity index (χ1n) is 14.1. The maximum absolute atomic E-state index is 14.9. The summed E-state index contributed by atoms with van der Waals surface area (Å²) in [6.45, 7) is 9.96. The van der Waals surface area contributed by atoms with E-state index in [4.69, 9.17) is 9.47 Å². The van der Waals surface area contributed by atoms with Gasteiger partial charge in [-0.2, -0.15) is 0 Å². The zero-order valence-corrected chi connectivity index (χ0v) is 23.9. The largest absolute Gasteiger partial charge is 0.496 e. The molecular weight excluding hydrogens is 503 g/mol. The Morgan fingerprint density at radius 1 is 1.08 bits per heavy atom. The number of carbonyl (C=O) groups is 3. The molecule has 0 radical (unpaired) electrons. The highest BCUT2D eigenvalue weighted by Gasteiger charge is 2.52. The fourth-order valence-electron chi connectivity index (χ4n) is 6.34. The van der Waals surface area contributed by atoms with E-state index < -0.39 is 23.1 Å². The van der Waals surface area contributed by atoms with E-state index in [1.165, 1.54) is 13.2 Å². The van der Waals surface area contributed by atoms with E-state index in [0.717, 1.165) is 25.3 Å². The zero-order chi connectivity index (χ0) is 28.7. The molecule has 5 atom stereocenters. The van der Waals surface area contributed by atoms with Crippen molar-refractivity contribution >= 4 is 17.8 Å². The van der Waals surface area contributed by atoms with Crippen LogP contribution in [0.5, 0.6) is 11.5 Å². The number of carbonyl (C=O) groups excluding carboxylic acids is 2. The molecule has 3 N–H and O–H groups in total. The van der Waals surface area contributed by atoms with Crippen LogP contribution in [0.15, 0.2) is 12.1 Å². The summed E-state index contributed by atoms with van der Waals surface area (Å²) in [5.74, 6) is -1.80. The van der Waals surface area contributed by atoms with Crippen LogP contribution in [0, 0.1) is 34.4 Å². The second-order valence-corrected chi connectivity index (χ2v) is 13.1. The fraction of sp³-hybridized carbons (Fsp3) is 0.700. The first-order chi connectivity index (χ1) is 18.2. The molecule has 0 aliphatic heterocycles. The van der Waals surface area contributed by atoms with Gasteiger partial charge in [0.05, 0.1) is 30.1 Å². The normalized spacial score (nSPS) is 30.9. The third kappa shape index (κ3) is 6.02. The van der Waals surface area contributed by atoms with Gasteiger partial charge in [-0.05, 0) is 82.1 Å². The Kier molecular flexibility index (Phi) is 8.20. The highest BCUT2D eigenvalue weighted by Crippen LogP contribution is 2.49. The summed E-state index contributed by atoms with van der Waals surface area (Å²) in [7, 11) is 1.38. The lowest BCUT2D eigenvalue weighted by Gasteiger charge is -2.34. The maximum Gasteiger partial charge on any atom is 0.309 e. The molecule has 9 heteroatoms. The molecule has 1 aromatic carbocycles. The van der Waals surface area contributed by atoms with E-state index >= 15 is 0 Å². The molecule has 4 rings (SSSR count). The number of ether oxygens (including phenoxy) is 2. The molecule has 3 fully saturated rings. The summed E-state index contributed by atoms with van der Waals surface area (Å²) in [4.78, 5) is 38.5. The van der Waals surface area contributed by atoms with Gasteiger partial charge in [0.2, 0.25) is 5.91 Å². The highest BCUT2D eigenvalue weighted by atomic mass is 19.1. The molecule has 1 unspecified atom stereocenters. The number of carboxylic acid groups (broad SMARTS) is 1. The van der Waals surface area contributed by atoms with Crippen LogP contribution in [-0.2, 0) is 9.59 Å². The Bertz CT molecular complexity index is 1110. The molecule has 0 saturated heterocycles. The summed E-state index contributed by atoms with van der Waals surface area (Å²) >= 11 is 0. The van der Waals surface area contributed by atoms with E-state index in [1.807, 2.05) is 6.92 Å². The predicted molar refractivity (Wildman–Crippen MR) is 144 cm³/mol. The van der Waals surface area contributed by atoms with Gasteiger partial charge in [0, 0.05) is 18.2 Å². The number of benzene rings is 1. The summed E-state index contributed by atoms with van der Waals surface area (Å²) in [6.07, 6.45) is 4.30. The summed E-state index contributed by atoms with van der Waals surface area (Å²) in [5.41, 5.74) is -0.753. The minimum Gasteiger partial charge on any atom is -0.496 e. The number of hydrogen-bond donors (Lipinski definition) is 3. The van der Waals surface area contributed by atoms with Gasteiger partial charge in [-0.1, -0.05) is 20.8 Å². The molecule has 3 aliphatic carbocycles. The average molecular weight is 547 g/mol. The molecule has 8 nitrogen and oxygen atoms in total. The van der Waals surface area contributed by atoms with E-state index in [2.05, 4.69) is 31.4 Å². The van der Waals surface area contributed by atoms with E-state index in [-0.39, 0.29) is 64.3 Å². The molecular formula is C30H43FN2O6. The minimum absolute atomic E-state index is 0.0227. The van der Waals surface area contributed by atoms with E-state index in [1.54, 1.807) is 6.92 Å². The van der Waals surface area contributed by atoms with Gasteiger partial charge in [-0.3, -0.25) is 14.4 Å². The highest BCUT2D eigenvalue weighted by molar-refractivity contribution is 5.98. The molecule has 3 aliphatic rings. The Labute approximate surface area is 230 Å². The van der Waals surface area contributed by atoms with Crippen molar-refractivity contribution in [2.75, 3.05) is 7.11 Å². The van der Waals surface area contributed by atoms with Crippen LogP contribution in [0.3, 0.4) is 0 Å². The quantitative estimate of drug-likeness (QED) is 0.426. The van der Waals surface area contributed by atoms with Crippen molar-refractivity contribution in [1.29, 1.82) is 0 Å². The number of halogens is 1. The first kappa shape index (κ1) is 29.2. The molecule has 216 valence electrons. The number of hydrogen-bond acceptors (Lipinski definition) is 5. The van der Waals surface area contributed by atoms with Crippen LogP contribution in [0.1, 0.15) is 89.9 Å². The number of amides is 2. The van der Waals surface area contributed by atoms with Crippen molar-refractivity contribution < 1.29 is 33.4 Å². The summed E-state index contributed by atoms with van der Waals surface area (Å²) < 4.78 is 26.2. The third-order valence-electron chi connectivity index (χ3n) is 9.52. The molecule has 2 bridgehead atoms. The zero-order valence-electron chi connectivity index (χ0n) is 23.9. The van der Waals surface area contributed by atoms with Crippen molar-refractivity contribution in [2.45, 2.75) is 97.8 Å². The van der Waals surface area contributed by atoms with Crippen LogP contribution in [-0.4, -0.2) is 48.2 Å². The van der Waals surface area contributed by atoms with Gasteiger partial charge in [-0.15, -0.1) is 0 Å². The van der Waals surface area contributed by atoms with Gasteiger partial charge in [0.15, 0.2) is 11.6 Å². The van der Waals surface area contributed by atoms with Crippen molar-refractivity contribution in [3.63, 3.8) is 0 Å². The average Bonchev–Trinajstić information content (AvgIpc) is 3.47. The number of carboxylic acids is 1. The Morgan fingerprint density at radius 3 is 2.31 bits per heavy atom. The smallest absolute Gasteiger partial charge is 0.309 e. The Hall–Kier alpha value is -2.84. The van der Waals surface area contributed by atoms with Crippen LogP contribution in [0.2, 0.25) is 0 Å². The lowest BCUT2D eigenvalue weighted by Crippen LogP contribution is -2.52. The molecule has 0 spiro atoms. The lowest BCUT2D eigenvalue weighted by molar-refractivity contribution is -0.150. The molecule has 0 heterocycles. The van der Waals surface area contributed by atoms with Crippen molar-refractivity contribution in [3.8, 4) is 11.5 Å². The van der Waals surface area contributed by atoms with Gasteiger partial charge >= 0.3 is 5.97 Å². The van der Waals surface area contributed by atoms with Crippen LogP contribution >= 0.6 is 0 Å². The Morgan fingerprint density at radius 2 is 1.72 bits per heavy atom. The fourth-order valence-corrected chi connectivity index (χ4v) is 6.34. The molecule has 2 amide bonds. The lowest BCUT2D eigenvalue weighted by atomic mass is 9.75. The number of nitrogens with one attached hydrogen (secondary N) is 2. The van der Waals surface area contributed by atoms with E-state index in [9.17, 15) is 23.9 Å². The topological polar surface area (TPSA) is 114 Å². The molecule has 1 aromatic rings. The van der Waals surface area contributed by atoms with Crippen LogP contribution < -0.4 is 20.1 Å². The standard InChI is InChI=1S/C30H43FN2O6/c1-16(29(2,3)4)32-27(35)24-17-7-8-18(13-17)25(24)33-26(34)20-14-23(21(31)15-22(20)38-6)39-19-9-11-30(5,12-10-19)28(36)37/h14-19,24-25H,7-13H2,1-6H3,(H,32,35)(H,33,34)(H,36,37)/t16?,17-,18+,19?,24+,25-,30?/m1/s1. The van der Waals surface area contributed by atoms with E-state index in [0.29, 0.717) is 25.7 Å². The van der Waals surface area contributed by atoms with Gasteiger partial charge in [0.25, 0.3) is 5.91 Å². The number of fused-ring (bicyclic) bond motifs is 2. The summed E-state index contributed by atoms with van der Waals surface area (Å²) in [6, 6.07) is 2.17. The first-order valence-corrected chi connectivity index (χ1v) is 14.1. The monoisotopic (exact) mass is 546 g/mol. The Balaban J connectivity index is 1.50. The number of methoxy groups -OCH3 is 1. The van der Waals surface area contributed by atoms with Crippen molar-refractivity contribution in [2.24, 2.45) is 28.6 Å². The third-order valence-corrected chi connectivity index (χ3v) is 9.52. The molecule has 0 aromatic heterocycles. The number of rotatable bonds is 8.